The quantitative estimate of drug-likeness (QED) is 0.567. The Labute approximate surface area is 83.6 Å². The molecule has 0 amide bonds. The highest BCUT2D eigenvalue weighted by Gasteiger charge is 2.48. The summed E-state index contributed by atoms with van der Waals surface area (Å²) >= 11 is 0. The first-order valence-electron chi connectivity index (χ1n) is 5.38. The predicted molar refractivity (Wildman–Crippen MR) is 53.1 cm³/mol. The van der Waals surface area contributed by atoms with Gasteiger partial charge in [-0.25, -0.2) is 5.43 Å². The lowest BCUT2D eigenvalue weighted by atomic mass is 9.93. The zero-order valence-corrected chi connectivity index (χ0v) is 8.15. The average Bonchev–Trinajstić information content (AvgIpc) is 2.70. The Morgan fingerprint density at radius 3 is 2.71 bits per heavy atom. The standard InChI is InChI=1S/C11H16N2O/c12-13-11(10-2-1-3-14-10)9-5-7-4-8(7)6-9/h1-3,7-9,11,13H,4-6,12H2. The van der Waals surface area contributed by atoms with Crippen molar-refractivity contribution in [3.8, 4) is 0 Å². The van der Waals surface area contributed by atoms with E-state index in [1.165, 1.54) is 19.3 Å². The molecular formula is C11H16N2O. The minimum Gasteiger partial charge on any atom is -0.468 e. The minimum absolute atomic E-state index is 0.220. The Morgan fingerprint density at radius 2 is 2.14 bits per heavy atom. The van der Waals surface area contributed by atoms with Crippen LogP contribution in [0.15, 0.2) is 22.8 Å². The molecule has 3 nitrogen and oxygen atoms in total. The summed E-state index contributed by atoms with van der Waals surface area (Å²) in [5.41, 5.74) is 2.89. The molecule has 2 aliphatic carbocycles. The summed E-state index contributed by atoms with van der Waals surface area (Å²) in [6.45, 7) is 0. The third kappa shape index (κ3) is 1.28. The zero-order chi connectivity index (χ0) is 9.54. The van der Waals surface area contributed by atoms with Gasteiger partial charge in [0.1, 0.15) is 5.76 Å². The van der Waals surface area contributed by atoms with Gasteiger partial charge in [0.05, 0.1) is 12.3 Å². The van der Waals surface area contributed by atoms with E-state index in [1.807, 2.05) is 12.1 Å². The average molecular weight is 192 g/mol. The molecule has 76 valence electrons. The molecule has 14 heavy (non-hydrogen) atoms. The number of hydrogen-bond donors (Lipinski definition) is 2. The molecule has 3 heteroatoms. The van der Waals surface area contributed by atoms with E-state index < -0.39 is 0 Å². The van der Waals surface area contributed by atoms with Crippen LogP contribution in [-0.4, -0.2) is 0 Å². The number of hydrogen-bond acceptors (Lipinski definition) is 3. The lowest BCUT2D eigenvalue weighted by Crippen LogP contribution is -2.32. The van der Waals surface area contributed by atoms with Crippen molar-refractivity contribution >= 4 is 0 Å². The first-order chi connectivity index (χ1) is 6.88. The van der Waals surface area contributed by atoms with Gasteiger partial charge in [-0.05, 0) is 49.1 Å². The van der Waals surface area contributed by atoms with Gasteiger partial charge in [-0.3, -0.25) is 5.84 Å². The van der Waals surface area contributed by atoms with Crippen molar-refractivity contribution in [2.45, 2.75) is 25.3 Å². The summed E-state index contributed by atoms with van der Waals surface area (Å²) in [6.07, 6.45) is 5.81. The van der Waals surface area contributed by atoms with Gasteiger partial charge >= 0.3 is 0 Å². The van der Waals surface area contributed by atoms with Crippen molar-refractivity contribution in [1.82, 2.24) is 5.43 Å². The fourth-order valence-electron chi connectivity index (χ4n) is 2.95. The van der Waals surface area contributed by atoms with Crippen LogP contribution < -0.4 is 11.3 Å². The third-order valence-electron chi connectivity index (χ3n) is 3.78. The highest BCUT2D eigenvalue weighted by Crippen LogP contribution is 2.56. The molecule has 2 aliphatic rings. The molecule has 0 radical (unpaired) electrons. The van der Waals surface area contributed by atoms with Gasteiger partial charge < -0.3 is 4.42 Å². The fraction of sp³-hybridized carbons (Fsp3) is 0.636. The van der Waals surface area contributed by atoms with Crippen LogP contribution in [0.25, 0.3) is 0 Å². The van der Waals surface area contributed by atoms with Gasteiger partial charge in [0.15, 0.2) is 0 Å². The number of hydrazine groups is 1. The number of furan rings is 1. The Balaban J connectivity index is 1.74. The minimum atomic E-state index is 0.220. The molecule has 3 rings (SSSR count). The van der Waals surface area contributed by atoms with Crippen molar-refractivity contribution in [3.63, 3.8) is 0 Å². The molecule has 2 fully saturated rings. The summed E-state index contributed by atoms with van der Waals surface area (Å²) in [7, 11) is 0. The monoisotopic (exact) mass is 192 g/mol. The van der Waals surface area contributed by atoms with Crippen LogP contribution in [0.4, 0.5) is 0 Å². The zero-order valence-electron chi connectivity index (χ0n) is 8.15. The molecule has 1 aromatic heterocycles. The lowest BCUT2D eigenvalue weighted by Gasteiger charge is -2.21. The second-order valence-corrected chi connectivity index (χ2v) is 4.65. The molecule has 1 aromatic rings. The van der Waals surface area contributed by atoms with E-state index in [4.69, 9.17) is 10.3 Å². The van der Waals surface area contributed by atoms with Gasteiger partial charge in [-0.1, -0.05) is 0 Å². The maximum absolute atomic E-state index is 5.59. The molecule has 0 spiro atoms. The van der Waals surface area contributed by atoms with Gasteiger partial charge in [0.25, 0.3) is 0 Å². The summed E-state index contributed by atoms with van der Waals surface area (Å²) in [4.78, 5) is 0. The Hall–Kier alpha value is -0.800. The molecule has 0 aromatic carbocycles. The summed E-state index contributed by atoms with van der Waals surface area (Å²) in [5, 5.41) is 0. The Kier molecular flexibility index (Phi) is 1.89. The van der Waals surface area contributed by atoms with Gasteiger partial charge in [0.2, 0.25) is 0 Å². The molecule has 3 unspecified atom stereocenters. The molecule has 0 aliphatic heterocycles. The summed E-state index contributed by atoms with van der Waals surface area (Å²) < 4.78 is 5.41. The maximum atomic E-state index is 5.59. The second-order valence-electron chi connectivity index (χ2n) is 4.65. The number of rotatable bonds is 3. The van der Waals surface area contributed by atoms with E-state index in [2.05, 4.69) is 5.43 Å². The first-order valence-corrected chi connectivity index (χ1v) is 5.38. The van der Waals surface area contributed by atoms with E-state index in [0.717, 1.165) is 17.6 Å². The Bertz CT molecular complexity index is 299. The van der Waals surface area contributed by atoms with Gasteiger partial charge in [-0.15, -0.1) is 0 Å². The number of fused-ring (bicyclic) bond motifs is 1. The first kappa shape index (κ1) is 8.50. The molecule has 3 N–H and O–H groups in total. The van der Waals surface area contributed by atoms with Crippen molar-refractivity contribution < 1.29 is 4.42 Å². The van der Waals surface area contributed by atoms with Crippen LogP contribution in [-0.2, 0) is 0 Å². The van der Waals surface area contributed by atoms with Crippen LogP contribution in [0.2, 0.25) is 0 Å². The largest absolute Gasteiger partial charge is 0.468 e. The van der Waals surface area contributed by atoms with Crippen molar-refractivity contribution in [3.05, 3.63) is 24.2 Å². The van der Waals surface area contributed by atoms with Crippen LogP contribution in [0, 0.1) is 17.8 Å². The van der Waals surface area contributed by atoms with Gasteiger partial charge in [-0.2, -0.15) is 0 Å². The van der Waals surface area contributed by atoms with Crippen molar-refractivity contribution in [1.29, 1.82) is 0 Å². The van der Waals surface area contributed by atoms with Crippen molar-refractivity contribution in [2.75, 3.05) is 0 Å². The maximum Gasteiger partial charge on any atom is 0.122 e. The van der Waals surface area contributed by atoms with E-state index >= 15 is 0 Å². The van der Waals surface area contributed by atoms with E-state index in [0.29, 0.717) is 5.92 Å². The van der Waals surface area contributed by atoms with Crippen LogP contribution >= 0.6 is 0 Å². The molecule has 2 saturated carbocycles. The fourth-order valence-corrected chi connectivity index (χ4v) is 2.95. The van der Waals surface area contributed by atoms with Crippen LogP contribution in [0.3, 0.4) is 0 Å². The second kappa shape index (κ2) is 3.11. The highest BCUT2D eigenvalue weighted by molar-refractivity contribution is 5.09. The Morgan fingerprint density at radius 1 is 1.36 bits per heavy atom. The normalized spacial score (nSPS) is 36.8. The summed E-state index contributed by atoms with van der Waals surface area (Å²) in [5.74, 6) is 9.24. The predicted octanol–water partition coefficient (Wildman–Crippen LogP) is 1.83. The van der Waals surface area contributed by atoms with Crippen LogP contribution in [0.1, 0.15) is 31.1 Å². The molecule has 0 saturated heterocycles. The van der Waals surface area contributed by atoms with Crippen molar-refractivity contribution in [2.24, 2.45) is 23.6 Å². The smallest absolute Gasteiger partial charge is 0.122 e. The highest BCUT2D eigenvalue weighted by atomic mass is 16.3. The molecule has 3 atom stereocenters. The SMILES string of the molecule is NNC(c1ccco1)C1CC2CC2C1. The van der Waals surface area contributed by atoms with Gasteiger partial charge in [0, 0.05) is 0 Å². The topological polar surface area (TPSA) is 51.2 Å². The molecular weight excluding hydrogens is 176 g/mol. The van der Waals surface area contributed by atoms with Crippen LogP contribution in [0.5, 0.6) is 0 Å². The number of nitrogens with two attached hydrogens (primary N) is 1. The summed E-state index contributed by atoms with van der Waals surface area (Å²) in [6, 6.07) is 4.15. The van der Waals surface area contributed by atoms with E-state index in [-0.39, 0.29) is 6.04 Å². The third-order valence-corrected chi connectivity index (χ3v) is 3.78. The number of nitrogens with one attached hydrogen (secondary N) is 1. The van der Waals surface area contributed by atoms with E-state index in [9.17, 15) is 0 Å². The molecule has 0 bridgehead atoms. The van der Waals surface area contributed by atoms with E-state index in [1.54, 1.807) is 6.26 Å². The lowest BCUT2D eigenvalue weighted by molar-refractivity contribution is 0.298. The molecule has 1 heterocycles.